The van der Waals surface area contributed by atoms with Crippen LogP contribution in [0.5, 0.6) is 0 Å². The van der Waals surface area contributed by atoms with E-state index < -0.39 is 0 Å². The lowest BCUT2D eigenvalue weighted by molar-refractivity contribution is 1.43. The summed E-state index contributed by atoms with van der Waals surface area (Å²) in [4.78, 5) is 4.01. The number of rotatable bonds is 0. The molecule has 44 valence electrons. The quantitative estimate of drug-likeness (QED) is 0.519. The fraction of sp³-hybridized carbons (Fsp3) is 0. The van der Waals surface area contributed by atoms with Crippen LogP contribution in [0, 0.1) is 24.3 Å². The summed E-state index contributed by atoms with van der Waals surface area (Å²) in [6.45, 7) is 0. The molecule has 10 heavy (non-hydrogen) atoms. The van der Waals surface area contributed by atoms with Crippen molar-refractivity contribution in [2.24, 2.45) is 0 Å². The van der Waals surface area contributed by atoms with Crippen molar-refractivity contribution in [1.82, 2.24) is 4.98 Å². The molecule has 0 atom stereocenters. The Morgan fingerprint density at radius 2 is 2.20 bits per heavy atom. The van der Waals surface area contributed by atoms with Crippen LogP contribution in [0.15, 0.2) is 18.3 Å². The molecule has 0 saturated heterocycles. The van der Waals surface area contributed by atoms with Gasteiger partial charge in [-0.15, -0.1) is 0 Å². The number of nitrogens with zero attached hydrogens (tertiary/aromatic N) is 1. The average Bonchev–Trinajstić information content (AvgIpc) is 2.05. The predicted octanol–water partition coefficient (Wildman–Crippen LogP) is 1.44. The van der Waals surface area contributed by atoms with E-state index in [4.69, 9.17) is 0 Å². The first-order valence-electron chi connectivity index (χ1n) is 2.93. The first kappa shape index (κ1) is 5.09. The second-order valence-corrected chi connectivity index (χ2v) is 1.89. The number of hydrogen-bond donors (Lipinski definition) is 0. The van der Waals surface area contributed by atoms with Crippen molar-refractivity contribution in [1.29, 1.82) is 0 Å². The third-order valence-electron chi connectivity index (χ3n) is 1.24. The van der Waals surface area contributed by atoms with Crippen molar-refractivity contribution in [3.8, 4) is 0 Å². The second-order valence-electron chi connectivity index (χ2n) is 1.89. The molecule has 0 spiro atoms. The highest BCUT2D eigenvalue weighted by molar-refractivity contribution is 5.73. The van der Waals surface area contributed by atoms with E-state index in [0.717, 1.165) is 10.9 Å². The molecule has 1 nitrogen and oxygen atoms in total. The first-order chi connectivity index (χ1) is 4.97. The monoisotopic (exact) mass is 125 g/mol. The maximum atomic E-state index is 4.01. The van der Waals surface area contributed by atoms with Gasteiger partial charge in [-0.25, -0.2) is 4.98 Å². The molecule has 0 unspecified atom stereocenters. The van der Waals surface area contributed by atoms with Crippen LogP contribution in [0.25, 0.3) is 10.9 Å². The van der Waals surface area contributed by atoms with Gasteiger partial charge in [-0.1, -0.05) is 12.1 Å². The fourth-order valence-corrected chi connectivity index (χ4v) is 0.791. The molecular formula is C9H3N. The molecule has 1 aromatic heterocycles. The van der Waals surface area contributed by atoms with Crippen LogP contribution in [0.3, 0.4) is 0 Å². The lowest BCUT2D eigenvalue weighted by Gasteiger charge is -1.82. The van der Waals surface area contributed by atoms with E-state index in [0.29, 0.717) is 0 Å². The Kier molecular flexibility index (Phi) is 0.966. The smallest absolute Gasteiger partial charge is 0.129 e. The van der Waals surface area contributed by atoms with Gasteiger partial charge < -0.3 is 0 Å². The molecule has 2 rings (SSSR count). The topological polar surface area (TPSA) is 12.9 Å². The lowest BCUT2D eigenvalue weighted by Crippen LogP contribution is -1.69. The van der Waals surface area contributed by atoms with Crippen molar-refractivity contribution >= 4 is 10.9 Å². The third kappa shape index (κ3) is 0.658. The molecule has 0 fully saturated rings. The van der Waals surface area contributed by atoms with E-state index in [9.17, 15) is 0 Å². The van der Waals surface area contributed by atoms with Crippen LogP contribution in [0.1, 0.15) is 0 Å². The van der Waals surface area contributed by atoms with E-state index in [1.54, 1.807) is 12.3 Å². The molecule has 0 N–H and O–H groups in total. The Hall–Kier alpha value is -1.73. The van der Waals surface area contributed by atoms with Gasteiger partial charge in [0.15, 0.2) is 0 Å². The SMILES string of the molecule is c1ccc2c#ccnc2c#1. The zero-order chi connectivity index (χ0) is 6.81. The van der Waals surface area contributed by atoms with Crippen LogP contribution in [0.2, 0.25) is 0 Å². The number of fused-ring (bicyclic) bond motifs is 1. The molecule has 0 radical (unpaired) electrons. The van der Waals surface area contributed by atoms with Gasteiger partial charge in [0.1, 0.15) is 5.52 Å². The van der Waals surface area contributed by atoms with Gasteiger partial charge in [-0.2, -0.15) is 0 Å². The van der Waals surface area contributed by atoms with Gasteiger partial charge in [0.05, 0.1) is 11.6 Å². The Labute approximate surface area is 59.3 Å². The normalized spacial score (nSPS) is 8.40. The van der Waals surface area contributed by atoms with Gasteiger partial charge in [0.25, 0.3) is 0 Å². The van der Waals surface area contributed by atoms with Crippen molar-refractivity contribution in [3.63, 3.8) is 0 Å². The summed E-state index contributed by atoms with van der Waals surface area (Å²) >= 11 is 0. The fourth-order valence-electron chi connectivity index (χ4n) is 0.791. The molecule has 0 bridgehead atoms. The highest BCUT2D eigenvalue weighted by Crippen LogP contribution is 2.00. The Morgan fingerprint density at radius 1 is 1.20 bits per heavy atom. The summed E-state index contributed by atoms with van der Waals surface area (Å²) < 4.78 is 0. The van der Waals surface area contributed by atoms with Gasteiger partial charge in [0, 0.05) is 0 Å². The highest BCUT2D eigenvalue weighted by atomic mass is 14.6. The average molecular weight is 125 g/mol. The van der Waals surface area contributed by atoms with Gasteiger partial charge >= 0.3 is 0 Å². The highest BCUT2D eigenvalue weighted by Gasteiger charge is 1.84. The van der Waals surface area contributed by atoms with Gasteiger partial charge in [0.2, 0.25) is 0 Å². The van der Waals surface area contributed by atoms with E-state index in [1.165, 1.54) is 0 Å². The standard InChI is InChI=1S/C9H3N/c1-2-6-9-8(4-1)5-3-7-10-9/h1,4,7H. The number of aromatic nitrogens is 1. The molecule has 0 amide bonds. The minimum Gasteiger partial charge on any atom is -0.237 e. The summed E-state index contributed by atoms with van der Waals surface area (Å²) in [5, 5.41) is 0.932. The van der Waals surface area contributed by atoms with Crippen molar-refractivity contribution < 1.29 is 0 Å². The van der Waals surface area contributed by atoms with Crippen LogP contribution < -0.4 is 0 Å². The van der Waals surface area contributed by atoms with E-state index in [2.05, 4.69) is 29.2 Å². The largest absolute Gasteiger partial charge is 0.237 e. The third-order valence-corrected chi connectivity index (χ3v) is 1.24. The Morgan fingerprint density at radius 3 is 3.10 bits per heavy atom. The molecule has 1 aromatic carbocycles. The van der Waals surface area contributed by atoms with Crippen LogP contribution in [-0.4, -0.2) is 4.98 Å². The first-order valence-corrected chi connectivity index (χ1v) is 2.93. The van der Waals surface area contributed by atoms with Crippen molar-refractivity contribution in [2.45, 2.75) is 0 Å². The summed E-state index contributed by atoms with van der Waals surface area (Å²) in [6.07, 6.45) is 1.58. The molecule has 1 heterocycles. The van der Waals surface area contributed by atoms with Crippen molar-refractivity contribution in [3.05, 3.63) is 42.6 Å². The zero-order valence-corrected chi connectivity index (χ0v) is 5.18. The molecule has 0 aliphatic heterocycles. The van der Waals surface area contributed by atoms with Crippen LogP contribution in [-0.2, 0) is 0 Å². The molecule has 1 heteroatoms. The zero-order valence-electron chi connectivity index (χ0n) is 5.18. The number of hydrogen-bond acceptors (Lipinski definition) is 1. The molecule has 2 aromatic rings. The summed E-state index contributed by atoms with van der Waals surface area (Å²) in [6, 6.07) is 15.0. The Bertz CT molecular complexity index is 276. The molecular weight excluding hydrogens is 122 g/mol. The van der Waals surface area contributed by atoms with E-state index in [1.807, 2.05) is 6.07 Å². The van der Waals surface area contributed by atoms with E-state index in [-0.39, 0.29) is 0 Å². The summed E-state index contributed by atoms with van der Waals surface area (Å²) in [5.74, 6) is 0. The van der Waals surface area contributed by atoms with Crippen LogP contribution >= 0.6 is 0 Å². The maximum Gasteiger partial charge on any atom is 0.129 e. The predicted molar refractivity (Wildman–Crippen MR) is 37.1 cm³/mol. The Balaban J connectivity index is 2.89. The molecule has 0 saturated carbocycles. The minimum absolute atomic E-state index is 0.793. The summed E-state index contributed by atoms with van der Waals surface area (Å²) in [5.41, 5.74) is 0.793. The second kappa shape index (κ2) is 1.90. The van der Waals surface area contributed by atoms with Crippen LogP contribution in [0.4, 0.5) is 0 Å². The molecule has 0 aliphatic rings. The maximum absolute atomic E-state index is 4.01. The van der Waals surface area contributed by atoms with Gasteiger partial charge in [-0.3, -0.25) is 0 Å². The van der Waals surface area contributed by atoms with Gasteiger partial charge in [-0.05, 0) is 24.3 Å². The van der Waals surface area contributed by atoms with Crippen molar-refractivity contribution in [2.75, 3.05) is 0 Å². The lowest BCUT2D eigenvalue weighted by atomic mass is 10.3. The molecule has 0 aliphatic carbocycles. The summed E-state index contributed by atoms with van der Waals surface area (Å²) in [7, 11) is 0. The van der Waals surface area contributed by atoms with E-state index >= 15 is 0 Å². The minimum atomic E-state index is 0.793.